The lowest BCUT2D eigenvalue weighted by atomic mass is 9.97. The molecule has 0 bridgehead atoms. The highest BCUT2D eigenvalue weighted by Gasteiger charge is 2.16. The van der Waals surface area contributed by atoms with Gasteiger partial charge in [-0.15, -0.1) is 0 Å². The average Bonchev–Trinajstić information content (AvgIpc) is 2.20. The van der Waals surface area contributed by atoms with Crippen molar-refractivity contribution >= 4 is 17.4 Å². The van der Waals surface area contributed by atoms with Crippen LogP contribution in [0.1, 0.15) is 25.8 Å². The molecule has 0 radical (unpaired) electrons. The molecule has 0 spiro atoms. The number of carbonyl (C=O) groups excluding carboxylic acids is 1. The van der Waals surface area contributed by atoms with Crippen LogP contribution in [-0.2, 0) is 11.2 Å². The predicted octanol–water partition coefficient (Wildman–Crippen LogP) is 2.83. The first-order valence-electron chi connectivity index (χ1n) is 5.52. The van der Waals surface area contributed by atoms with Gasteiger partial charge < -0.3 is 5.73 Å². The Morgan fingerprint density at radius 2 is 2.00 bits per heavy atom. The molecule has 0 aliphatic carbocycles. The van der Waals surface area contributed by atoms with Crippen LogP contribution in [0.3, 0.4) is 0 Å². The van der Waals surface area contributed by atoms with Crippen LogP contribution in [0.15, 0.2) is 24.3 Å². The molecule has 2 N–H and O–H groups in total. The van der Waals surface area contributed by atoms with Crippen molar-refractivity contribution in [3.63, 3.8) is 0 Å². The summed E-state index contributed by atoms with van der Waals surface area (Å²) >= 11 is 6.01. The third-order valence-corrected chi connectivity index (χ3v) is 2.79. The third kappa shape index (κ3) is 3.95. The molecule has 1 atom stereocenters. The maximum Gasteiger partial charge on any atom is 0.150 e. The molecule has 0 heterocycles. The summed E-state index contributed by atoms with van der Waals surface area (Å²) < 4.78 is 0. The highest BCUT2D eigenvalue weighted by atomic mass is 35.5. The third-order valence-electron chi connectivity index (χ3n) is 2.42. The molecule has 1 unspecified atom stereocenters. The number of carbonyl (C=O) groups is 1. The number of hydrogen-bond donors (Lipinski definition) is 1. The van der Waals surface area contributed by atoms with E-state index in [1.807, 2.05) is 38.1 Å². The maximum absolute atomic E-state index is 11.7. The van der Waals surface area contributed by atoms with Crippen LogP contribution in [0, 0.1) is 5.92 Å². The van der Waals surface area contributed by atoms with E-state index in [0.717, 1.165) is 5.56 Å². The van der Waals surface area contributed by atoms with Crippen molar-refractivity contribution in [1.29, 1.82) is 0 Å². The Hall–Kier alpha value is -0.860. The van der Waals surface area contributed by atoms with Gasteiger partial charge in [0, 0.05) is 11.4 Å². The van der Waals surface area contributed by atoms with Gasteiger partial charge in [0.1, 0.15) is 5.78 Å². The van der Waals surface area contributed by atoms with Gasteiger partial charge in [-0.05, 0) is 24.0 Å². The van der Waals surface area contributed by atoms with Gasteiger partial charge in [-0.25, -0.2) is 0 Å². The van der Waals surface area contributed by atoms with Gasteiger partial charge in [0.25, 0.3) is 0 Å². The van der Waals surface area contributed by atoms with E-state index in [0.29, 0.717) is 23.8 Å². The number of hydrogen-bond acceptors (Lipinski definition) is 2. The average molecular weight is 240 g/mol. The fourth-order valence-corrected chi connectivity index (χ4v) is 1.78. The molecule has 1 aromatic rings. The van der Waals surface area contributed by atoms with Gasteiger partial charge in [-0.2, -0.15) is 0 Å². The summed E-state index contributed by atoms with van der Waals surface area (Å²) in [7, 11) is 0. The number of Topliss-reactive ketones (excluding diaryl/α,β-unsaturated/α-hetero) is 1. The molecule has 0 saturated carbocycles. The second kappa shape index (κ2) is 6.02. The standard InChI is InChI=1S/C13H18ClNO/c1-9(2)7-13(16)12(15)8-10-5-3-4-6-11(10)14/h3-6,9,12H,7-8,15H2,1-2H3. The van der Waals surface area contributed by atoms with Crippen molar-refractivity contribution in [2.45, 2.75) is 32.7 Å². The van der Waals surface area contributed by atoms with Crippen LogP contribution in [0.25, 0.3) is 0 Å². The Labute approximate surface area is 102 Å². The largest absolute Gasteiger partial charge is 0.321 e. The number of rotatable bonds is 5. The van der Waals surface area contributed by atoms with Crippen molar-refractivity contribution < 1.29 is 4.79 Å². The van der Waals surface area contributed by atoms with Gasteiger partial charge >= 0.3 is 0 Å². The molecule has 88 valence electrons. The Balaban J connectivity index is 2.61. The van der Waals surface area contributed by atoms with Crippen LogP contribution >= 0.6 is 11.6 Å². The first kappa shape index (κ1) is 13.2. The fourth-order valence-electron chi connectivity index (χ4n) is 1.57. The lowest BCUT2D eigenvalue weighted by Crippen LogP contribution is -2.33. The molecular formula is C13H18ClNO. The number of benzene rings is 1. The first-order valence-corrected chi connectivity index (χ1v) is 5.90. The van der Waals surface area contributed by atoms with Gasteiger partial charge in [0.2, 0.25) is 0 Å². The van der Waals surface area contributed by atoms with Crippen molar-refractivity contribution in [2.24, 2.45) is 11.7 Å². The summed E-state index contributed by atoms with van der Waals surface area (Å²) in [6.07, 6.45) is 1.05. The summed E-state index contributed by atoms with van der Waals surface area (Å²) in [6, 6.07) is 7.05. The topological polar surface area (TPSA) is 43.1 Å². The van der Waals surface area contributed by atoms with E-state index >= 15 is 0 Å². The zero-order valence-corrected chi connectivity index (χ0v) is 10.5. The zero-order valence-electron chi connectivity index (χ0n) is 9.74. The zero-order chi connectivity index (χ0) is 12.1. The minimum atomic E-state index is -0.442. The molecule has 0 aromatic heterocycles. The molecular weight excluding hydrogens is 222 g/mol. The van der Waals surface area contributed by atoms with E-state index in [2.05, 4.69) is 0 Å². The second-order valence-corrected chi connectivity index (χ2v) is 4.87. The number of halogens is 1. The Morgan fingerprint density at radius 3 is 2.56 bits per heavy atom. The molecule has 0 saturated heterocycles. The molecule has 0 fully saturated rings. The summed E-state index contributed by atoms with van der Waals surface area (Å²) in [5.41, 5.74) is 6.80. The monoisotopic (exact) mass is 239 g/mol. The van der Waals surface area contributed by atoms with E-state index in [1.165, 1.54) is 0 Å². The summed E-state index contributed by atoms with van der Waals surface area (Å²) in [5, 5.41) is 0.676. The van der Waals surface area contributed by atoms with Gasteiger partial charge in [0.05, 0.1) is 6.04 Å². The van der Waals surface area contributed by atoms with Gasteiger partial charge in [0.15, 0.2) is 0 Å². The summed E-state index contributed by atoms with van der Waals surface area (Å²) in [4.78, 5) is 11.7. The Kier molecular flexibility index (Phi) is 4.97. The van der Waals surface area contributed by atoms with E-state index in [4.69, 9.17) is 17.3 Å². The fraction of sp³-hybridized carbons (Fsp3) is 0.462. The number of ketones is 1. The summed E-state index contributed by atoms with van der Waals surface area (Å²) in [6.45, 7) is 4.03. The lowest BCUT2D eigenvalue weighted by Gasteiger charge is -2.13. The van der Waals surface area contributed by atoms with E-state index in [1.54, 1.807) is 0 Å². The highest BCUT2D eigenvalue weighted by molar-refractivity contribution is 6.31. The molecule has 0 aliphatic heterocycles. The summed E-state index contributed by atoms with van der Waals surface area (Å²) in [5.74, 6) is 0.458. The van der Waals surface area contributed by atoms with E-state index in [9.17, 15) is 4.79 Å². The Bertz CT molecular complexity index is 363. The molecule has 1 aromatic carbocycles. The van der Waals surface area contributed by atoms with Crippen LogP contribution < -0.4 is 5.73 Å². The van der Waals surface area contributed by atoms with Crippen molar-refractivity contribution in [3.05, 3.63) is 34.9 Å². The minimum Gasteiger partial charge on any atom is -0.321 e. The smallest absolute Gasteiger partial charge is 0.150 e. The molecule has 3 heteroatoms. The van der Waals surface area contributed by atoms with Gasteiger partial charge in [-0.1, -0.05) is 43.6 Å². The van der Waals surface area contributed by atoms with E-state index < -0.39 is 6.04 Å². The predicted molar refractivity (Wildman–Crippen MR) is 67.6 cm³/mol. The lowest BCUT2D eigenvalue weighted by molar-refractivity contribution is -0.120. The maximum atomic E-state index is 11.7. The molecule has 16 heavy (non-hydrogen) atoms. The van der Waals surface area contributed by atoms with Crippen LogP contribution in [-0.4, -0.2) is 11.8 Å². The first-order chi connectivity index (χ1) is 7.50. The van der Waals surface area contributed by atoms with Crippen molar-refractivity contribution in [3.8, 4) is 0 Å². The SMILES string of the molecule is CC(C)CC(=O)C(N)Cc1ccccc1Cl. The normalized spacial score (nSPS) is 12.8. The molecule has 0 amide bonds. The Morgan fingerprint density at radius 1 is 1.38 bits per heavy atom. The van der Waals surface area contributed by atoms with Gasteiger partial charge in [-0.3, -0.25) is 4.79 Å². The number of nitrogens with two attached hydrogens (primary N) is 1. The highest BCUT2D eigenvalue weighted by Crippen LogP contribution is 2.17. The van der Waals surface area contributed by atoms with Crippen molar-refractivity contribution in [2.75, 3.05) is 0 Å². The van der Waals surface area contributed by atoms with Crippen molar-refractivity contribution in [1.82, 2.24) is 0 Å². The molecule has 2 nitrogen and oxygen atoms in total. The molecule has 0 aliphatic rings. The minimum absolute atomic E-state index is 0.106. The quantitative estimate of drug-likeness (QED) is 0.859. The molecule has 1 rings (SSSR count). The van der Waals surface area contributed by atoms with Crippen LogP contribution in [0.5, 0.6) is 0 Å². The van der Waals surface area contributed by atoms with Crippen LogP contribution in [0.4, 0.5) is 0 Å². The van der Waals surface area contributed by atoms with Crippen LogP contribution in [0.2, 0.25) is 5.02 Å². The second-order valence-electron chi connectivity index (χ2n) is 4.47. The van der Waals surface area contributed by atoms with E-state index in [-0.39, 0.29) is 5.78 Å².